The van der Waals surface area contributed by atoms with Crippen molar-refractivity contribution in [2.75, 3.05) is 11.6 Å². The molecule has 1 amide bonds. The van der Waals surface area contributed by atoms with Crippen LogP contribution in [0.1, 0.15) is 4.88 Å². The first-order chi connectivity index (χ1) is 11.6. The lowest BCUT2D eigenvalue weighted by molar-refractivity contribution is -0.118. The molecule has 0 aliphatic rings. The second kappa shape index (κ2) is 7.45. The predicted octanol–water partition coefficient (Wildman–Crippen LogP) is 2.27. The molecular formula is C15H14FN5OS2. The molecule has 0 atom stereocenters. The lowest BCUT2D eigenvalue weighted by Gasteiger charge is -2.05. The Hall–Kier alpha value is -2.39. The summed E-state index contributed by atoms with van der Waals surface area (Å²) in [5.41, 5.74) is 0.527. The fourth-order valence-electron chi connectivity index (χ4n) is 1.98. The van der Waals surface area contributed by atoms with Gasteiger partial charge in [-0.3, -0.25) is 4.79 Å². The Balaban J connectivity index is 1.59. The van der Waals surface area contributed by atoms with Crippen molar-refractivity contribution in [3.05, 3.63) is 52.5 Å². The van der Waals surface area contributed by atoms with Gasteiger partial charge in [0.1, 0.15) is 5.82 Å². The highest BCUT2D eigenvalue weighted by molar-refractivity contribution is 7.99. The Bertz CT molecular complexity index is 834. The fraction of sp³-hybridized carbons (Fsp3) is 0.133. The zero-order valence-corrected chi connectivity index (χ0v) is 14.1. The topological polar surface area (TPSA) is 85.8 Å². The summed E-state index contributed by atoms with van der Waals surface area (Å²) in [6.07, 6.45) is 0. The second-order valence-corrected chi connectivity index (χ2v) is 6.81. The van der Waals surface area contributed by atoms with Crippen LogP contribution in [0.4, 0.5) is 4.39 Å². The summed E-state index contributed by atoms with van der Waals surface area (Å²) in [7, 11) is 0. The third-order valence-corrected chi connectivity index (χ3v) is 4.94. The van der Waals surface area contributed by atoms with Gasteiger partial charge in [0.2, 0.25) is 11.1 Å². The maximum absolute atomic E-state index is 13.3. The van der Waals surface area contributed by atoms with Crippen molar-refractivity contribution in [2.24, 2.45) is 0 Å². The molecule has 0 aliphatic carbocycles. The zero-order chi connectivity index (χ0) is 16.9. The molecule has 0 bridgehead atoms. The van der Waals surface area contributed by atoms with E-state index in [1.807, 2.05) is 17.5 Å². The number of halogens is 1. The number of nitrogens with one attached hydrogen (secondary N) is 1. The van der Waals surface area contributed by atoms with E-state index in [-0.39, 0.29) is 17.5 Å². The van der Waals surface area contributed by atoms with Gasteiger partial charge in [-0.1, -0.05) is 30.0 Å². The number of hydrogen-bond donors (Lipinski definition) is 2. The van der Waals surface area contributed by atoms with Crippen LogP contribution < -0.4 is 11.2 Å². The molecule has 2 aromatic heterocycles. The lowest BCUT2D eigenvalue weighted by Crippen LogP contribution is -2.24. The summed E-state index contributed by atoms with van der Waals surface area (Å²) >= 11 is 2.76. The van der Waals surface area contributed by atoms with E-state index in [4.69, 9.17) is 5.84 Å². The molecular weight excluding hydrogens is 349 g/mol. The molecule has 0 unspecified atom stereocenters. The van der Waals surface area contributed by atoms with Crippen molar-refractivity contribution in [2.45, 2.75) is 11.7 Å². The molecule has 3 aromatic rings. The Morgan fingerprint density at radius 3 is 2.96 bits per heavy atom. The van der Waals surface area contributed by atoms with Crippen LogP contribution in [0.25, 0.3) is 11.4 Å². The average Bonchev–Trinajstić information content (AvgIpc) is 3.21. The number of nitrogens with two attached hydrogens (primary N) is 1. The highest BCUT2D eigenvalue weighted by Crippen LogP contribution is 2.22. The molecule has 1 aromatic carbocycles. The van der Waals surface area contributed by atoms with Crippen molar-refractivity contribution in [1.82, 2.24) is 20.2 Å². The number of carbonyl (C=O) groups is 1. The molecule has 0 fully saturated rings. The van der Waals surface area contributed by atoms with E-state index in [9.17, 15) is 9.18 Å². The number of thioether (sulfide) groups is 1. The highest BCUT2D eigenvalue weighted by atomic mass is 32.2. The number of benzene rings is 1. The minimum Gasteiger partial charge on any atom is -0.350 e. The maximum Gasteiger partial charge on any atom is 0.230 e. The zero-order valence-electron chi connectivity index (χ0n) is 12.5. The number of aromatic nitrogens is 3. The predicted molar refractivity (Wildman–Crippen MR) is 92.5 cm³/mol. The van der Waals surface area contributed by atoms with Crippen LogP contribution in [0.15, 0.2) is 46.9 Å². The number of thiophene rings is 1. The van der Waals surface area contributed by atoms with Gasteiger partial charge in [-0.2, -0.15) is 0 Å². The van der Waals surface area contributed by atoms with Gasteiger partial charge in [0.15, 0.2) is 5.82 Å². The lowest BCUT2D eigenvalue weighted by atomic mass is 10.2. The molecule has 2 heterocycles. The largest absolute Gasteiger partial charge is 0.350 e. The van der Waals surface area contributed by atoms with Crippen LogP contribution in [-0.2, 0) is 11.3 Å². The van der Waals surface area contributed by atoms with Crippen LogP contribution in [0, 0.1) is 5.82 Å². The molecule has 9 heteroatoms. The second-order valence-electron chi connectivity index (χ2n) is 4.83. The van der Waals surface area contributed by atoms with E-state index in [0.717, 1.165) is 4.88 Å². The minimum atomic E-state index is -0.377. The van der Waals surface area contributed by atoms with E-state index < -0.39 is 0 Å². The molecule has 3 N–H and O–H groups in total. The van der Waals surface area contributed by atoms with Crippen LogP contribution in [-0.4, -0.2) is 26.5 Å². The molecule has 0 spiro atoms. The molecule has 0 saturated heterocycles. The summed E-state index contributed by atoms with van der Waals surface area (Å²) in [5.74, 6) is 5.96. The Labute approximate surface area is 145 Å². The van der Waals surface area contributed by atoms with Crippen LogP contribution >= 0.6 is 23.1 Å². The fourth-order valence-corrected chi connectivity index (χ4v) is 3.31. The van der Waals surface area contributed by atoms with Crippen molar-refractivity contribution in [3.8, 4) is 11.4 Å². The van der Waals surface area contributed by atoms with Crippen molar-refractivity contribution >= 4 is 29.0 Å². The normalized spacial score (nSPS) is 10.7. The van der Waals surface area contributed by atoms with Gasteiger partial charge in [-0.25, -0.2) is 9.07 Å². The van der Waals surface area contributed by atoms with Gasteiger partial charge in [0.05, 0.1) is 12.3 Å². The summed E-state index contributed by atoms with van der Waals surface area (Å²) < 4.78 is 14.5. The van der Waals surface area contributed by atoms with Crippen LogP contribution in [0.3, 0.4) is 0 Å². The third-order valence-electron chi connectivity index (χ3n) is 3.12. The standard InChI is InChI=1S/C15H14FN5OS2/c16-11-4-1-3-10(7-11)14-19-20-15(21(14)17)24-9-13(22)18-8-12-5-2-6-23-12/h1-7H,8-9,17H2,(H,18,22). The number of amides is 1. The van der Waals surface area contributed by atoms with Crippen molar-refractivity contribution < 1.29 is 9.18 Å². The monoisotopic (exact) mass is 363 g/mol. The van der Waals surface area contributed by atoms with E-state index >= 15 is 0 Å². The number of carbonyl (C=O) groups excluding carboxylic acids is 1. The molecule has 124 valence electrons. The van der Waals surface area contributed by atoms with Gasteiger partial charge in [0.25, 0.3) is 0 Å². The molecule has 0 radical (unpaired) electrons. The van der Waals surface area contributed by atoms with Crippen molar-refractivity contribution in [3.63, 3.8) is 0 Å². The van der Waals surface area contributed by atoms with Crippen molar-refractivity contribution in [1.29, 1.82) is 0 Å². The number of nitrogen functional groups attached to an aromatic ring is 1. The van der Waals surface area contributed by atoms with Gasteiger partial charge in [-0.15, -0.1) is 21.5 Å². The first kappa shape index (κ1) is 16.5. The number of hydrogen-bond acceptors (Lipinski definition) is 6. The molecule has 6 nitrogen and oxygen atoms in total. The van der Waals surface area contributed by atoms with E-state index in [1.54, 1.807) is 23.5 Å². The van der Waals surface area contributed by atoms with Gasteiger partial charge in [0, 0.05) is 10.4 Å². The first-order valence-electron chi connectivity index (χ1n) is 7.02. The summed E-state index contributed by atoms with van der Waals surface area (Å²) in [5, 5.41) is 13.1. The van der Waals surface area contributed by atoms with Gasteiger partial charge >= 0.3 is 0 Å². The SMILES string of the molecule is Nn1c(SCC(=O)NCc2cccs2)nnc1-c1cccc(F)c1. The first-order valence-corrected chi connectivity index (χ1v) is 8.88. The quantitative estimate of drug-likeness (QED) is 0.518. The Morgan fingerprint density at radius 1 is 1.33 bits per heavy atom. The summed E-state index contributed by atoms with van der Waals surface area (Å²) in [4.78, 5) is 13.0. The van der Waals surface area contributed by atoms with E-state index in [2.05, 4.69) is 15.5 Å². The van der Waals surface area contributed by atoms with E-state index in [1.165, 1.54) is 28.6 Å². The minimum absolute atomic E-state index is 0.122. The van der Waals surface area contributed by atoms with E-state index in [0.29, 0.717) is 23.1 Å². The molecule has 24 heavy (non-hydrogen) atoms. The smallest absolute Gasteiger partial charge is 0.230 e. The number of rotatable bonds is 6. The highest BCUT2D eigenvalue weighted by Gasteiger charge is 2.14. The summed E-state index contributed by atoms with van der Waals surface area (Å²) in [6.45, 7) is 0.501. The Kier molecular flexibility index (Phi) is 5.11. The maximum atomic E-state index is 13.3. The van der Waals surface area contributed by atoms with Crippen LogP contribution in [0.5, 0.6) is 0 Å². The summed E-state index contributed by atoms with van der Waals surface area (Å²) in [6, 6.07) is 9.83. The average molecular weight is 363 g/mol. The molecule has 0 saturated carbocycles. The molecule has 0 aliphatic heterocycles. The Morgan fingerprint density at radius 2 is 2.21 bits per heavy atom. The third kappa shape index (κ3) is 3.92. The number of nitrogens with zero attached hydrogens (tertiary/aromatic N) is 3. The van der Waals surface area contributed by atoms with Gasteiger partial charge < -0.3 is 11.2 Å². The molecule has 3 rings (SSSR count). The van der Waals surface area contributed by atoms with Gasteiger partial charge in [-0.05, 0) is 23.6 Å². The van der Waals surface area contributed by atoms with Crippen LogP contribution in [0.2, 0.25) is 0 Å².